The Balaban J connectivity index is 0.00000420. The van der Waals surface area contributed by atoms with Crippen LogP contribution in [0.25, 0.3) is 0 Å². The number of amides is 1. The van der Waals surface area contributed by atoms with Crippen LogP contribution in [0, 0.1) is 0 Å². The number of benzene rings is 1. The summed E-state index contributed by atoms with van der Waals surface area (Å²) in [5.41, 5.74) is 0.762. The van der Waals surface area contributed by atoms with Gasteiger partial charge in [-0.3, -0.25) is 9.79 Å². The van der Waals surface area contributed by atoms with E-state index in [-0.39, 0.29) is 60.4 Å². The van der Waals surface area contributed by atoms with Crippen molar-refractivity contribution in [2.45, 2.75) is 25.8 Å². The zero-order valence-electron chi connectivity index (χ0n) is 16.9. The van der Waals surface area contributed by atoms with Gasteiger partial charge in [0.1, 0.15) is 0 Å². The fourth-order valence-electron chi connectivity index (χ4n) is 2.84. The Morgan fingerprint density at radius 3 is 2.55 bits per heavy atom. The molecule has 1 aromatic carbocycles. The molecular weight excluding hydrogens is 511 g/mol. The number of hydrogen-bond donors (Lipinski definition) is 3. The molecule has 0 aromatic heterocycles. The lowest BCUT2D eigenvalue weighted by molar-refractivity contribution is -0.121. The van der Waals surface area contributed by atoms with E-state index < -0.39 is 9.84 Å². The van der Waals surface area contributed by atoms with Gasteiger partial charge in [-0.25, -0.2) is 8.42 Å². The van der Waals surface area contributed by atoms with Crippen LogP contribution in [0.3, 0.4) is 0 Å². The molecule has 1 unspecified atom stereocenters. The molecule has 1 fully saturated rings. The second kappa shape index (κ2) is 12.1. The quantitative estimate of drug-likeness (QED) is 0.259. The number of ether oxygens (including phenoxy) is 2. The monoisotopic (exact) mass is 540 g/mol. The fourth-order valence-corrected chi connectivity index (χ4v) is 4.51. The van der Waals surface area contributed by atoms with Crippen LogP contribution in [0.4, 0.5) is 5.69 Å². The Hall–Kier alpha value is -1.76. The minimum absolute atomic E-state index is 0. The molecule has 11 heteroatoms. The number of nitrogens with one attached hydrogen (secondary N) is 3. The summed E-state index contributed by atoms with van der Waals surface area (Å²) in [5.74, 6) is 1.70. The fraction of sp³-hybridized carbons (Fsp3) is 0.556. The lowest BCUT2D eigenvalue weighted by Crippen LogP contribution is -2.36. The molecule has 0 saturated carbocycles. The van der Waals surface area contributed by atoms with Crippen molar-refractivity contribution in [2.24, 2.45) is 4.99 Å². The minimum Gasteiger partial charge on any atom is -0.493 e. The van der Waals surface area contributed by atoms with E-state index in [0.29, 0.717) is 30.4 Å². The maximum atomic E-state index is 12.0. The molecule has 1 aliphatic heterocycles. The largest absolute Gasteiger partial charge is 0.493 e. The van der Waals surface area contributed by atoms with Gasteiger partial charge in [0.2, 0.25) is 5.91 Å². The smallest absolute Gasteiger partial charge is 0.222 e. The van der Waals surface area contributed by atoms with Crippen LogP contribution >= 0.6 is 24.0 Å². The average Bonchev–Trinajstić information content (AvgIpc) is 2.99. The first kappa shape index (κ1) is 25.3. The molecule has 1 amide bonds. The van der Waals surface area contributed by atoms with Gasteiger partial charge in [0.05, 0.1) is 32.3 Å². The summed E-state index contributed by atoms with van der Waals surface area (Å²) in [7, 11) is 0.127. The Morgan fingerprint density at radius 2 is 1.97 bits per heavy atom. The lowest BCUT2D eigenvalue weighted by Gasteiger charge is -2.14. The molecule has 3 N–H and O–H groups in total. The number of guanidine groups is 1. The van der Waals surface area contributed by atoms with Gasteiger partial charge in [0, 0.05) is 30.8 Å². The number of carbonyl (C=O) groups is 1. The van der Waals surface area contributed by atoms with Crippen molar-refractivity contribution in [3.63, 3.8) is 0 Å². The van der Waals surface area contributed by atoms with Crippen molar-refractivity contribution in [1.29, 1.82) is 0 Å². The number of anilines is 1. The van der Waals surface area contributed by atoms with Crippen LogP contribution in [0.2, 0.25) is 0 Å². The van der Waals surface area contributed by atoms with Crippen molar-refractivity contribution in [3.05, 3.63) is 18.2 Å². The number of nitrogens with zero attached hydrogens (tertiary/aromatic N) is 1. The third-order valence-electron chi connectivity index (χ3n) is 4.20. The van der Waals surface area contributed by atoms with Gasteiger partial charge >= 0.3 is 0 Å². The number of aliphatic imine (C=N–C) groups is 1. The molecule has 164 valence electrons. The van der Waals surface area contributed by atoms with Gasteiger partial charge < -0.3 is 25.4 Å². The zero-order valence-corrected chi connectivity index (χ0v) is 20.0. The standard InChI is InChI=1S/C18H28N4O5S.HI/c1-4-19-18(22-13-5-6-15(26-2)16(11-13)27-3)20-9-7-17(23)21-14-8-10-28(24,25)12-14;/h5-6,11,14H,4,7-10,12H2,1-3H3,(H,21,23)(H2,19,20,22);1H. The second-order valence-electron chi connectivity index (χ2n) is 6.37. The first-order valence-corrected chi connectivity index (χ1v) is 11.0. The van der Waals surface area contributed by atoms with Crippen molar-refractivity contribution in [3.8, 4) is 11.5 Å². The first-order valence-electron chi connectivity index (χ1n) is 9.14. The Bertz CT molecular complexity index is 816. The third-order valence-corrected chi connectivity index (χ3v) is 5.96. The van der Waals surface area contributed by atoms with E-state index in [2.05, 4.69) is 20.9 Å². The molecule has 0 bridgehead atoms. The van der Waals surface area contributed by atoms with Crippen LogP contribution in [0.15, 0.2) is 23.2 Å². The van der Waals surface area contributed by atoms with Gasteiger partial charge in [0.15, 0.2) is 27.3 Å². The number of methoxy groups -OCH3 is 2. The van der Waals surface area contributed by atoms with Gasteiger partial charge in [-0.15, -0.1) is 24.0 Å². The maximum Gasteiger partial charge on any atom is 0.222 e. The molecule has 1 aromatic rings. The van der Waals surface area contributed by atoms with E-state index in [1.165, 1.54) is 0 Å². The Morgan fingerprint density at radius 1 is 1.24 bits per heavy atom. The molecule has 0 aliphatic carbocycles. The van der Waals surface area contributed by atoms with E-state index in [1.807, 2.05) is 13.0 Å². The van der Waals surface area contributed by atoms with Crippen LogP contribution in [0.5, 0.6) is 11.5 Å². The summed E-state index contributed by atoms with van der Waals surface area (Å²) < 4.78 is 33.4. The number of sulfone groups is 1. The van der Waals surface area contributed by atoms with Crippen molar-refractivity contribution >= 4 is 51.4 Å². The van der Waals surface area contributed by atoms with Crippen molar-refractivity contribution in [2.75, 3.05) is 44.1 Å². The van der Waals surface area contributed by atoms with Crippen LogP contribution < -0.4 is 25.4 Å². The summed E-state index contributed by atoms with van der Waals surface area (Å²) in [6, 6.07) is 5.12. The molecule has 1 saturated heterocycles. The summed E-state index contributed by atoms with van der Waals surface area (Å²) in [5, 5.41) is 9.03. The predicted octanol–water partition coefficient (Wildman–Crippen LogP) is 1.39. The van der Waals surface area contributed by atoms with Gasteiger partial charge in [-0.2, -0.15) is 0 Å². The van der Waals surface area contributed by atoms with Crippen molar-refractivity contribution in [1.82, 2.24) is 10.6 Å². The number of halogens is 1. The van der Waals surface area contributed by atoms with Crippen molar-refractivity contribution < 1.29 is 22.7 Å². The summed E-state index contributed by atoms with van der Waals surface area (Å²) >= 11 is 0. The maximum absolute atomic E-state index is 12.0. The summed E-state index contributed by atoms with van der Waals surface area (Å²) in [6.45, 7) is 2.87. The number of rotatable bonds is 8. The summed E-state index contributed by atoms with van der Waals surface area (Å²) in [6.07, 6.45) is 0.653. The van der Waals surface area contributed by atoms with Gasteiger partial charge in [-0.1, -0.05) is 0 Å². The highest BCUT2D eigenvalue weighted by atomic mass is 127. The van der Waals surface area contributed by atoms with Gasteiger partial charge in [-0.05, 0) is 25.5 Å². The van der Waals surface area contributed by atoms with Gasteiger partial charge in [0.25, 0.3) is 0 Å². The molecule has 2 rings (SSSR count). The molecule has 0 radical (unpaired) electrons. The second-order valence-corrected chi connectivity index (χ2v) is 8.60. The Kier molecular flexibility index (Phi) is 10.5. The topological polar surface area (TPSA) is 118 Å². The van der Waals surface area contributed by atoms with Crippen LogP contribution in [-0.2, 0) is 14.6 Å². The first-order chi connectivity index (χ1) is 13.4. The molecule has 1 aliphatic rings. The Labute approximate surface area is 189 Å². The van der Waals surface area contributed by atoms with E-state index in [0.717, 1.165) is 5.69 Å². The predicted molar refractivity (Wildman–Crippen MR) is 124 cm³/mol. The normalized spacial score (nSPS) is 17.8. The lowest BCUT2D eigenvalue weighted by atomic mass is 10.2. The number of hydrogen-bond acceptors (Lipinski definition) is 6. The highest BCUT2D eigenvalue weighted by molar-refractivity contribution is 14.0. The average molecular weight is 540 g/mol. The highest BCUT2D eigenvalue weighted by Gasteiger charge is 2.28. The molecule has 1 heterocycles. The van der Waals surface area contributed by atoms with E-state index in [4.69, 9.17) is 9.47 Å². The minimum atomic E-state index is -3.01. The third kappa shape index (κ3) is 8.25. The number of carbonyl (C=O) groups excluding carboxylic acids is 1. The molecule has 0 spiro atoms. The van der Waals surface area contributed by atoms with E-state index >= 15 is 0 Å². The van der Waals surface area contributed by atoms with E-state index in [1.54, 1.807) is 26.4 Å². The van der Waals surface area contributed by atoms with E-state index in [9.17, 15) is 13.2 Å². The highest BCUT2D eigenvalue weighted by Crippen LogP contribution is 2.29. The summed E-state index contributed by atoms with van der Waals surface area (Å²) in [4.78, 5) is 16.4. The molecule has 9 nitrogen and oxygen atoms in total. The molecular formula is C18H29IN4O5S. The van der Waals surface area contributed by atoms with Crippen LogP contribution in [-0.4, -0.2) is 65.1 Å². The molecule has 29 heavy (non-hydrogen) atoms. The van der Waals surface area contributed by atoms with Crippen LogP contribution in [0.1, 0.15) is 19.8 Å². The SMILES string of the molecule is CCNC(=NCCC(=O)NC1CCS(=O)(=O)C1)Nc1ccc(OC)c(OC)c1.I. The zero-order chi connectivity index (χ0) is 20.6. The molecule has 1 atom stereocenters.